The highest BCUT2D eigenvalue weighted by atomic mass is 32.2. The minimum absolute atomic E-state index is 0.253. The van der Waals surface area contributed by atoms with Gasteiger partial charge in [-0.1, -0.05) is 18.2 Å². The first-order valence-corrected chi connectivity index (χ1v) is 10.9. The lowest BCUT2D eigenvalue weighted by atomic mass is 10.1. The molecule has 3 aromatic rings. The maximum absolute atomic E-state index is 13.1. The first kappa shape index (κ1) is 19.0. The Bertz CT molecular complexity index is 1090. The molecule has 7 heteroatoms. The Morgan fingerprint density at radius 2 is 2.07 bits per heavy atom. The van der Waals surface area contributed by atoms with Crippen LogP contribution in [-0.2, 0) is 16.6 Å². The molecule has 1 atom stereocenters. The molecule has 1 fully saturated rings. The number of furan rings is 1. The number of nitrogens with one attached hydrogen (secondary N) is 2. The zero-order valence-corrected chi connectivity index (χ0v) is 16.9. The molecule has 148 valence electrons. The average Bonchev–Trinajstić information content (AvgIpc) is 3.13. The van der Waals surface area contributed by atoms with Crippen molar-refractivity contribution in [3.05, 3.63) is 59.9 Å². The van der Waals surface area contributed by atoms with Crippen LogP contribution in [0, 0.1) is 6.92 Å². The van der Waals surface area contributed by atoms with Gasteiger partial charge in [-0.25, -0.2) is 8.42 Å². The van der Waals surface area contributed by atoms with Gasteiger partial charge in [0.05, 0.1) is 16.8 Å². The average molecular weight is 400 g/mol. The quantitative estimate of drug-likeness (QED) is 0.688. The number of anilines is 1. The van der Waals surface area contributed by atoms with Gasteiger partial charge in [0.15, 0.2) is 0 Å². The number of piperazine rings is 1. The molecule has 0 aliphatic carbocycles. The van der Waals surface area contributed by atoms with E-state index in [2.05, 4.69) is 21.9 Å². The second-order valence-electron chi connectivity index (χ2n) is 7.43. The summed E-state index contributed by atoms with van der Waals surface area (Å²) in [5, 5.41) is 4.22. The van der Waals surface area contributed by atoms with E-state index in [0.29, 0.717) is 18.3 Å². The van der Waals surface area contributed by atoms with E-state index in [0.717, 1.165) is 41.7 Å². The molecule has 0 saturated carbocycles. The van der Waals surface area contributed by atoms with E-state index < -0.39 is 10.0 Å². The second kappa shape index (κ2) is 7.58. The highest BCUT2D eigenvalue weighted by Crippen LogP contribution is 2.28. The molecule has 1 aliphatic rings. The summed E-state index contributed by atoms with van der Waals surface area (Å²) >= 11 is 0. The van der Waals surface area contributed by atoms with Crippen molar-refractivity contribution in [1.82, 2.24) is 10.2 Å². The van der Waals surface area contributed by atoms with Crippen molar-refractivity contribution in [3.8, 4) is 0 Å². The molecule has 4 rings (SSSR count). The smallest absolute Gasteiger partial charge is 0.261 e. The van der Waals surface area contributed by atoms with E-state index in [1.54, 1.807) is 24.5 Å². The van der Waals surface area contributed by atoms with Gasteiger partial charge < -0.3 is 9.73 Å². The molecule has 28 heavy (non-hydrogen) atoms. The molecule has 1 saturated heterocycles. The van der Waals surface area contributed by atoms with Gasteiger partial charge in [0.1, 0.15) is 5.58 Å². The fourth-order valence-electron chi connectivity index (χ4n) is 3.69. The van der Waals surface area contributed by atoms with Crippen LogP contribution in [0.3, 0.4) is 0 Å². The molecule has 2 aromatic carbocycles. The van der Waals surface area contributed by atoms with Crippen molar-refractivity contribution in [1.29, 1.82) is 0 Å². The van der Waals surface area contributed by atoms with Crippen LogP contribution in [0.15, 0.2) is 58.0 Å². The van der Waals surface area contributed by atoms with Crippen molar-refractivity contribution in [2.45, 2.75) is 31.3 Å². The Morgan fingerprint density at radius 3 is 2.86 bits per heavy atom. The molecule has 1 aromatic heterocycles. The van der Waals surface area contributed by atoms with Crippen molar-refractivity contribution in [2.24, 2.45) is 0 Å². The zero-order chi connectivity index (χ0) is 19.7. The summed E-state index contributed by atoms with van der Waals surface area (Å²) in [6.45, 7) is 7.46. The largest absolute Gasteiger partial charge is 0.464 e. The number of para-hydroxylation sites is 1. The van der Waals surface area contributed by atoms with Crippen LogP contribution in [-0.4, -0.2) is 39.0 Å². The normalized spacial score (nSPS) is 18.4. The highest BCUT2D eigenvalue weighted by molar-refractivity contribution is 7.92. The number of nitrogens with zero attached hydrogens (tertiary/aromatic N) is 1. The van der Waals surface area contributed by atoms with Crippen LogP contribution in [0.5, 0.6) is 0 Å². The first-order valence-electron chi connectivity index (χ1n) is 9.47. The minimum atomic E-state index is -3.70. The van der Waals surface area contributed by atoms with Crippen molar-refractivity contribution in [2.75, 3.05) is 24.4 Å². The van der Waals surface area contributed by atoms with Gasteiger partial charge >= 0.3 is 0 Å². The number of hydrogen-bond donors (Lipinski definition) is 2. The van der Waals surface area contributed by atoms with Gasteiger partial charge in [-0.15, -0.1) is 0 Å². The maximum Gasteiger partial charge on any atom is 0.261 e. The van der Waals surface area contributed by atoms with E-state index in [-0.39, 0.29) is 4.90 Å². The summed E-state index contributed by atoms with van der Waals surface area (Å²) in [6, 6.07) is 13.0. The predicted molar refractivity (Wildman–Crippen MR) is 111 cm³/mol. The second-order valence-corrected chi connectivity index (χ2v) is 9.11. The molecule has 1 unspecified atom stereocenters. The van der Waals surface area contributed by atoms with E-state index in [1.807, 2.05) is 31.2 Å². The molecule has 6 nitrogen and oxygen atoms in total. The Hall–Kier alpha value is -2.35. The van der Waals surface area contributed by atoms with E-state index >= 15 is 0 Å². The summed E-state index contributed by atoms with van der Waals surface area (Å²) in [4.78, 5) is 2.58. The number of rotatable bonds is 5. The van der Waals surface area contributed by atoms with Gasteiger partial charge in [-0.05, 0) is 43.7 Å². The van der Waals surface area contributed by atoms with Gasteiger partial charge in [-0.2, -0.15) is 0 Å². The predicted octanol–water partition coefficient (Wildman–Crippen LogP) is 3.34. The lowest BCUT2D eigenvalue weighted by molar-refractivity contribution is 0.199. The summed E-state index contributed by atoms with van der Waals surface area (Å²) < 4.78 is 34.5. The van der Waals surface area contributed by atoms with E-state index in [1.165, 1.54) is 0 Å². The standard InChI is InChI=1S/C21H25N3O3S/c1-15-5-3-4-6-20(15)23-28(25,26)19-11-17-7-10-27-21(17)18(12-19)14-24-9-8-22-16(2)13-24/h3-7,10-12,16,22-23H,8-9,13-14H2,1-2H3. The number of fused-ring (bicyclic) bond motifs is 1. The Kier molecular flexibility index (Phi) is 5.14. The summed E-state index contributed by atoms with van der Waals surface area (Å²) in [5.74, 6) is 0. The summed E-state index contributed by atoms with van der Waals surface area (Å²) in [5.41, 5.74) is 3.11. The number of aryl methyl sites for hydroxylation is 1. The van der Waals surface area contributed by atoms with Crippen LogP contribution >= 0.6 is 0 Å². The molecule has 2 heterocycles. The number of benzene rings is 2. The fraction of sp³-hybridized carbons (Fsp3) is 0.333. The Balaban J connectivity index is 1.68. The van der Waals surface area contributed by atoms with Crippen molar-refractivity contribution in [3.63, 3.8) is 0 Å². The van der Waals surface area contributed by atoms with Gasteiger partial charge in [0.25, 0.3) is 10.0 Å². The fourth-order valence-corrected chi connectivity index (χ4v) is 4.90. The third-order valence-electron chi connectivity index (χ3n) is 5.15. The maximum atomic E-state index is 13.1. The van der Waals surface area contributed by atoms with Crippen LogP contribution in [0.25, 0.3) is 11.0 Å². The van der Waals surface area contributed by atoms with Crippen LogP contribution in [0.4, 0.5) is 5.69 Å². The molecule has 1 aliphatic heterocycles. The minimum Gasteiger partial charge on any atom is -0.464 e. The summed E-state index contributed by atoms with van der Waals surface area (Å²) in [6.07, 6.45) is 1.61. The van der Waals surface area contributed by atoms with Crippen molar-refractivity contribution < 1.29 is 12.8 Å². The Morgan fingerprint density at radius 1 is 1.25 bits per heavy atom. The lowest BCUT2D eigenvalue weighted by Gasteiger charge is -2.31. The lowest BCUT2D eigenvalue weighted by Crippen LogP contribution is -2.48. The van der Waals surface area contributed by atoms with Gasteiger partial charge in [-0.3, -0.25) is 9.62 Å². The molecule has 0 radical (unpaired) electrons. The van der Waals surface area contributed by atoms with Gasteiger partial charge in [0.2, 0.25) is 0 Å². The topological polar surface area (TPSA) is 74.6 Å². The third kappa shape index (κ3) is 3.92. The molecular formula is C21H25N3O3S. The number of sulfonamides is 1. The first-order chi connectivity index (χ1) is 13.4. The SMILES string of the molecule is Cc1ccccc1NS(=O)(=O)c1cc(CN2CCNC(C)C2)c2occc2c1. The monoisotopic (exact) mass is 399 g/mol. The molecule has 0 bridgehead atoms. The van der Waals surface area contributed by atoms with Crippen LogP contribution in [0.1, 0.15) is 18.1 Å². The van der Waals surface area contributed by atoms with Crippen LogP contribution < -0.4 is 10.0 Å². The summed E-state index contributed by atoms with van der Waals surface area (Å²) in [7, 11) is -3.70. The van der Waals surface area contributed by atoms with E-state index in [9.17, 15) is 8.42 Å². The van der Waals surface area contributed by atoms with Crippen LogP contribution in [0.2, 0.25) is 0 Å². The molecular weight excluding hydrogens is 374 g/mol. The Labute approximate surface area is 165 Å². The van der Waals surface area contributed by atoms with E-state index in [4.69, 9.17) is 4.42 Å². The number of hydrogen-bond acceptors (Lipinski definition) is 5. The molecule has 0 amide bonds. The zero-order valence-electron chi connectivity index (χ0n) is 16.1. The third-order valence-corrected chi connectivity index (χ3v) is 6.49. The molecule has 2 N–H and O–H groups in total. The molecule has 0 spiro atoms. The highest BCUT2D eigenvalue weighted by Gasteiger charge is 2.21. The van der Waals surface area contributed by atoms with Crippen molar-refractivity contribution >= 4 is 26.7 Å². The van der Waals surface area contributed by atoms with Gasteiger partial charge in [0, 0.05) is 43.2 Å².